The van der Waals surface area contributed by atoms with Gasteiger partial charge in [-0.3, -0.25) is 10.1 Å². The summed E-state index contributed by atoms with van der Waals surface area (Å²) in [6.45, 7) is 10.4. The van der Waals surface area contributed by atoms with Crippen molar-refractivity contribution in [3.63, 3.8) is 0 Å². The zero-order chi connectivity index (χ0) is 20.6. The first-order chi connectivity index (χ1) is 13.9. The molecule has 0 saturated carbocycles. The summed E-state index contributed by atoms with van der Waals surface area (Å²) in [6, 6.07) is 7.71. The van der Waals surface area contributed by atoms with Crippen molar-refractivity contribution < 1.29 is 5.11 Å². The number of nitrogens with one attached hydrogen (secondary N) is 1. The molecule has 1 aliphatic rings. The van der Waals surface area contributed by atoms with Crippen LogP contribution in [-0.2, 0) is 0 Å². The molecule has 3 aromatic rings. The Hall–Kier alpha value is -2.37. The minimum absolute atomic E-state index is 0.301. The Labute approximate surface area is 176 Å². The smallest absolute Gasteiger partial charge is 0.0864 e. The van der Waals surface area contributed by atoms with Crippen LogP contribution >= 0.6 is 11.6 Å². The third kappa shape index (κ3) is 3.77. The van der Waals surface area contributed by atoms with Crippen molar-refractivity contribution >= 4 is 28.2 Å². The average molecular weight is 411 g/mol. The molecule has 1 saturated heterocycles. The van der Waals surface area contributed by atoms with Gasteiger partial charge >= 0.3 is 0 Å². The molecule has 0 unspecified atom stereocenters. The number of likely N-dealkylation sites (tertiary alicyclic amines) is 1. The monoisotopic (exact) mass is 410 g/mol. The van der Waals surface area contributed by atoms with E-state index < -0.39 is 6.10 Å². The number of benzene rings is 1. The summed E-state index contributed by atoms with van der Waals surface area (Å²) >= 11 is 6.30. The van der Waals surface area contributed by atoms with E-state index >= 15 is 0 Å². The fourth-order valence-electron chi connectivity index (χ4n) is 4.50. The number of rotatable bonds is 5. The van der Waals surface area contributed by atoms with Crippen LogP contribution in [0.25, 0.3) is 16.6 Å². The zero-order valence-corrected chi connectivity index (χ0v) is 17.7. The van der Waals surface area contributed by atoms with E-state index in [1.165, 1.54) is 0 Å². The molecule has 29 heavy (non-hydrogen) atoms. The van der Waals surface area contributed by atoms with Gasteiger partial charge in [-0.1, -0.05) is 32.0 Å². The van der Waals surface area contributed by atoms with Gasteiger partial charge in [0.05, 0.1) is 17.8 Å². The highest BCUT2D eigenvalue weighted by Crippen LogP contribution is 2.46. The van der Waals surface area contributed by atoms with E-state index in [1.807, 2.05) is 30.5 Å². The number of aromatic amines is 1. The van der Waals surface area contributed by atoms with Gasteiger partial charge in [-0.15, -0.1) is 0 Å². The highest BCUT2D eigenvalue weighted by atomic mass is 35.5. The quantitative estimate of drug-likeness (QED) is 0.617. The Bertz CT molecular complexity index is 1010. The summed E-state index contributed by atoms with van der Waals surface area (Å²) in [7, 11) is 0. The second-order valence-corrected chi connectivity index (χ2v) is 8.94. The summed E-state index contributed by atoms with van der Waals surface area (Å²) in [4.78, 5) is 6.52. The van der Waals surface area contributed by atoms with E-state index in [0.29, 0.717) is 10.9 Å². The highest BCUT2D eigenvalue weighted by Gasteiger charge is 2.40. The Morgan fingerprint density at radius 1 is 1.31 bits per heavy atom. The first kappa shape index (κ1) is 19.9. The number of pyridine rings is 1. The van der Waals surface area contributed by atoms with Crippen LogP contribution in [-0.4, -0.2) is 38.3 Å². The number of hydrogen-bond donors (Lipinski definition) is 2. The maximum atomic E-state index is 11.3. The van der Waals surface area contributed by atoms with Crippen molar-refractivity contribution in [2.45, 2.75) is 32.8 Å². The molecule has 1 aromatic carbocycles. The third-order valence-corrected chi connectivity index (χ3v) is 6.69. The van der Waals surface area contributed by atoms with E-state index in [4.69, 9.17) is 11.6 Å². The van der Waals surface area contributed by atoms with Gasteiger partial charge in [0.15, 0.2) is 0 Å². The molecule has 0 amide bonds. The number of H-pyrrole nitrogens is 1. The summed E-state index contributed by atoms with van der Waals surface area (Å²) < 4.78 is 0. The first-order valence-corrected chi connectivity index (χ1v) is 10.4. The Morgan fingerprint density at radius 3 is 2.76 bits per heavy atom. The molecule has 5 nitrogen and oxygen atoms in total. The predicted molar refractivity (Wildman–Crippen MR) is 117 cm³/mol. The molecular formula is C23H27ClN4O. The molecule has 1 aliphatic heterocycles. The number of aliphatic hydroxyl groups excluding tert-OH is 1. The number of aliphatic hydroxyl groups is 1. The lowest BCUT2D eigenvalue weighted by molar-refractivity contribution is -0.0130. The molecule has 3 heterocycles. The molecule has 2 aromatic heterocycles. The molecule has 4 rings (SSSR count). The van der Waals surface area contributed by atoms with Crippen LogP contribution in [0.1, 0.15) is 43.9 Å². The van der Waals surface area contributed by atoms with E-state index in [0.717, 1.165) is 53.7 Å². The van der Waals surface area contributed by atoms with E-state index in [1.54, 1.807) is 12.4 Å². The van der Waals surface area contributed by atoms with Crippen LogP contribution in [0.4, 0.5) is 0 Å². The fraction of sp³-hybridized carbons (Fsp3) is 0.391. The standard InChI is InChI=1S/C23H27ClN4O/c1-15(16-5-4-8-25-13-16)28-9-6-18(7-10-28)23(2,3)22(29)20-12-19(24)11-17-14-26-27-21(17)20/h4-5,8,11-14,18,22,29H,1,6-7,9-10H2,2-3H3,(H,26,27)/t22-/m1/s1. The molecule has 0 aliphatic carbocycles. The largest absolute Gasteiger partial charge is 0.388 e. The SMILES string of the molecule is C=C(c1cccnc1)N1CCC(C(C)(C)[C@H](O)c2cc(Cl)cc3cn[nH]c23)CC1. The molecule has 2 N–H and O–H groups in total. The van der Waals surface area contributed by atoms with E-state index in [2.05, 4.69) is 40.5 Å². The molecule has 1 fully saturated rings. The van der Waals surface area contributed by atoms with Gasteiger partial charge < -0.3 is 10.0 Å². The van der Waals surface area contributed by atoms with E-state index in [9.17, 15) is 5.11 Å². The van der Waals surface area contributed by atoms with Gasteiger partial charge in [-0.2, -0.15) is 5.10 Å². The number of nitrogens with zero attached hydrogens (tertiary/aromatic N) is 3. The van der Waals surface area contributed by atoms with Crippen LogP contribution in [0.3, 0.4) is 0 Å². The van der Waals surface area contributed by atoms with Crippen LogP contribution in [0.2, 0.25) is 5.02 Å². The zero-order valence-electron chi connectivity index (χ0n) is 16.9. The van der Waals surface area contributed by atoms with Crippen molar-refractivity contribution in [1.29, 1.82) is 0 Å². The van der Waals surface area contributed by atoms with Gasteiger partial charge in [0.2, 0.25) is 0 Å². The lowest BCUT2D eigenvalue weighted by Gasteiger charge is -2.44. The number of halogens is 1. The van der Waals surface area contributed by atoms with E-state index in [-0.39, 0.29) is 5.41 Å². The van der Waals surface area contributed by atoms with Crippen molar-refractivity contribution in [1.82, 2.24) is 20.1 Å². The van der Waals surface area contributed by atoms with Crippen LogP contribution < -0.4 is 0 Å². The predicted octanol–water partition coefficient (Wildman–Crippen LogP) is 5.05. The maximum Gasteiger partial charge on any atom is 0.0864 e. The minimum atomic E-state index is -0.637. The van der Waals surface area contributed by atoms with Crippen LogP contribution in [0.15, 0.2) is 49.4 Å². The molecular weight excluding hydrogens is 384 g/mol. The van der Waals surface area contributed by atoms with Gasteiger partial charge in [-0.05, 0) is 48.4 Å². The maximum absolute atomic E-state index is 11.3. The number of fused-ring (bicyclic) bond motifs is 1. The normalized spacial score (nSPS) is 16.9. The average Bonchev–Trinajstić information content (AvgIpc) is 3.21. The summed E-state index contributed by atoms with van der Waals surface area (Å²) in [5.74, 6) is 0.382. The minimum Gasteiger partial charge on any atom is -0.388 e. The van der Waals surface area contributed by atoms with Crippen molar-refractivity contribution in [3.05, 3.63) is 65.6 Å². The van der Waals surface area contributed by atoms with Crippen LogP contribution in [0.5, 0.6) is 0 Å². The fourth-order valence-corrected chi connectivity index (χ4v) is 4.73. The van der Waals surface area contributed by atoms with Crippen molar-refractivity contribution in [2.75, 3.05) is 13.1 Å². The molecule has 0 bridgehead atoms. The summed E-state index contributed by atoms with van der Waals surface area (Å²) in [5, 5.41) is 20.0. The molecule has 152 valence electrons. The van der Waals surface area contributed by atoms with Gasteiger partial charge in [0.25, 0.3) is 0 Å². The van der Waals surface area contributed by atoms with Gasteiger partial charge in [0, 0.05) is 52.7 Å². The first-order valence-electron chi connectivity index (χ1n) is 10.0. The van der Waals surface area contributed by atoms with Gasteiger partial charge in [0.1, 0.15) is 0 Å². The summed E-state index contributed by atoms with van der Waals surface area (Å²) in [6.07, 6.45) is 6.73. The molecule has 0 radical (unpaired) electrons. The summed E-state index contributed by atoms with van der Waals surface area (Å²) in [5.41, 5.74) is 3.45. The lowest BCUT2D eigenvalue weighted by atomic mass is 9.68. The Balaban J connectivity index is 1.50. The lowest BCUT2D eigenvalue weighted by Crippen LogP contribution is -2.40. The van der Waals surface area contributed by atoms with Crippen molar-refractivity contribution in [2.24, 2.45) is 11.3 Å². The third-order valence-electron chi connectivity index (χ3n) is 6.47. The number of hydrogen-bond acceptors (Lipinski definition) is 4. The molecule has 1 atom stereocenters. The van der Waals surface area contributed by atoms with Gasteiger partial charge in [-0.25, -0.2) is 0 Å². The molecule has 6 heteroatoms. The highest BCUT2D eigenvalue weighted by molar-refractivity contribution is 6.31. The van der Waals surface area contributed by atoms with Crippen LogP contribution in [0, 0.1) is 11.3 Å². The number of aromatic nitrogens is 3. The second-order valence-electron chi connectivity index (χ2n) is 8.50. The second kappa shape index (κ2) is 7.81. The van der Waals surface area contributed by atoms with Crippen molar-refractivity contribution in [3.8, 4) is 0 Å². The topological polar surface area (TPSA) is 65.0 Å². The Morgan fingerprint density at radius 2 is 2.07 bits per heavy atom. The Kier molecular flexibility index (Phi) is 5.36. The number of piperidine rings is 1. The molecule has 0 spiro atoms.